The van der Waals surface area contributed by atoms with Gasteiger partial charge in [0.15, 0.2) is 0 Å². The first-order valence-corrected chi connectivity index (χ1v) is 4.39. The number of carboxylic acids is 1. The van der Waals surface area contributed by atoms with Gasteiger partial charge in [-0.25, -0.2) is 0 Å². The third kappa shape index (κ3) is 1.14. The normalized spacial score (nSPS) is 39.5. The maximum absolute atomic E-state index is 10.8. The molecule has 2 rings (SSSR count). The standard InChI is InChI=1S/C9H13NO2/c11-9(12)7-3-1-2-6-4-10-5-8(6)7/h1-2,6-8,10H,3-5H2,(H,11,12). The van der Waals surface area contributed by atoms with Gasteiger partial charge < -0.3 is 10.4 Å². The molecule has 0 radical (unpaired) electrons. The number of nitrogens with one attached hydrogen (secondary N) is 1. The average Bonchev–Trinajstić information content (AvgIpc) is 2.49. The van der Waals surface area contributed by atoms with Gasteiger partial charge >= 0.3 is 5.97 Å². The van der Waals surface area contributed by atoms with Crippen molar-refractivity contribution in [3.63, 3.8) is 0 Å². The van der Waals surface area contributed by atoms with Crippen LogP contribution in [0.1, 0.15) is 6.42 Å². The Morgan fingerprint density at radius 1 is 1.50 bits per heavy atom. The van der Waals surface area contributed by atoms with Crippen molar-refractivity contribution in [1.82, 2.24) is 5.32 Å². The molecule has 3 atom stereocenters. The summed E-state index contributed by atoms with van der Waals surface area (Å²) in [5.74, 6) is -0.0135. The zero-order chi connectivity index (χ0) is 8.55. The summed E-state index contributed by atoms with van der Waals surface area (Å²) in [7, 11) is 0. The summed E-state index contributed by atoms with van der Waals surface area (Å²) in [5, 5.41) is 12.2. The molecule has 1 aliphatic carbocycles. The van der Waals surface area contributed by atoms with Gasteiger partial charge in [0.25, 0.3) is 0 Å². The second-order valence-electron chi connectivity index (χ2n) is 3.59. The Balaban J connectivity index is 2.16. The van der Waals surface area contributed by atoms with Crippen molar-refractivity contribution in [2.75, 3.05) is 13.1 Å². The third-order valence-electron chi connectivity index (χ3n) is 2.92. The molecule has 0 bridgehead atoms. The van der Waals surface area contributed by atoms with E-state index in [-0.39, 0.29) is 5.92 Å². The van der Waals surface area contributed by atoms with Gasteiger partial charge in [0.05, 0.1) is 5.92 Å². The first kappa shape index (κ1) is 7.80. The summed E-state index contributed by atoms with van der Waals surface area (Å²) in [4.78, 5) is 10.8. The molecule has 0 saturated carbocycles. The van der Waals surface area contributed by atoms with E-state index in [2.05, 4.69) is 11.4 Å². The molecule has 2 aliphatic rings. The number of carbonyl (C=O) groups is 1. The number of aliphatic carboxylic acids is 1. The zero-order valence-electron chi connectivity index (χ0n) is 6.86. The molecule has 0 spiro atoms. The lowest BCUT2D eigenvalue weighted by Crippen LogP contribution is -2.30. The first-order valence-electron chi connectivity index (χ1n) is 4.39. The molecule has 1 aliphatic heterocycles. The summed E-state index contributed by atoms with van der Waals surface area (Å²) in [6.07, 6.45) is 4.87. The summed E-state index contributed by atoms with van der Waals surface area (Å²) < 4.78 is 0. The van der Waals surface area contributed by atoms with E-state index < -0.39 is 5.97 Å². The van der Waals surface area contributed by atoms with E-state index in [1.807, 2.05) is 6.08 Å². The molecule has 2 N–H and O–H groups in total. The fourth-order valence-corrected chi connectivity index (χ4v) is 2.23. The zero-order valence-corrected chi connectivity index (χ0v) is 6.86. The molecule has 0 aromatic rings. The fraction of sp³-hybridized carbons (Fsp3) is 0.667. The van der Waals surface area contributed by atoms with E-state index in [4.69, 9.17) is 5.11 Å². The largest absolute Gasteiger partial charge is 0.481 e. The van der Waals surface area contributed by atoms with Crippen LogP contribution in [0.4, 0.5) is 0 Å². The van der Waals surface area contributed by atoms with Crippen LogP contribution in [0.25, 0.3) is 0 Å². The molecule has 66 valence electrons. The minimum absolute atomic E-state index is 0.157. The van der Waals surface area contributed by atoms with E-state index in [1.165, 1.54) is 0 Å². The van der Waals surface area contributed by atoms with Gasteiger partial charge in [-0.2, -0.15) is 0 Å². The molecule has 1 fully saturated rings. The molecule has 3 heteroatoms. The Morgan fingerprint density at radius 3 is 3.08 bits per heavy atom. The smallest absolute Gasteiger partial charge is 0.307 e. The van der Waals surface area contributed by atoms with Crippen molar-refractivity contribution in [3.05, 3.63) is 12.2 Å². The topological polar surface area (TPSA) is 49.3 Å². The summed E-state index contributed by atoms with van der Waals surface area (Å²) in [5.41, 5.74) is 0. The van der Waals surface area contributed by atoms with Crippen LogP contribution in [0.3, 0.4) is 0 Å². The average molecular weight is 167 g/mol. The molecular formula is C9H13NO2. The van der Waals surface area contributed by atoms with Gasteiger partial charge in [0.1, 0.15) is 0 Å². The Kier molecular flexibility index (Phi) is 1.89. The highest BCUT2D eigenvalue weighted by molar-refractivity contribution is 5.71. The molecule has 1 saturated heterocycles. The van der Waals surface area contributed by atoms with Crippen LogP contribution < -0.4 is 5.32 Å². The van der Waals surface area contributed by atoms with E-state index >= 15 is 0 Å². The van der Waals surface area contributed by atoms with E-state index in [1.54, 1.807) is 0 Å². The minimum atomic E-state index is -0.641. The lowest BCUT2D eigenvalue weighted by molar-refractivity contribution is -0.143. The van der Waals surface area contributed by atoms with E-state index in [0.717, 1.165) is 13.1 Å². The number of carboxylic acid groups (broad SMARTS) is 1. The number of hydrogen-bond donors (Lipinski definition) is 2. The van der Waals surface area contributed by atoms with Gasteiger partial charge in [0.2, 0.25) is 0 Å². The van der Waals surface area contributed by atoms with Crippen molar-refractivity contribution >= 4 is 5.97 Å². The fourth-order valence-electron chi connectivity index (χ4n) is 2.23. The highest BCUT2D eigenvalue weighted by Gasteiger charge is 2.37. The number of rotatable bonds is 1. The van der Waals surface area contributed by atoms with Crippen molar-refractivity contribution in [1.29, 1.82) is 0 Å². The van der Waals surface area contributed by atoms with Gasteiger partial charge in [-0.05, 0) is 24.8 Å². The minimum Gasteiger partial charge on any atom is -0.481 e. The molecule has 0 aromatic heterocycles. The van der Waals surface area contributed by atoms with Crippen molar-refractivity contribution < 1.29 is 9.90 Å². The lowest BCUT2D eigenvalue weighted by Gasteiger charge is -2.25. The quantitative estimate of drug-likeness (QED) is 0.558. The molecule has 1 heterocycles. The molecule has 0 aromatic carbocycles. The lowest BCUT2D eigenvalue weighted by atomic mass is 9.78. The highest BCUT2D eigenvalue weighted by atomic mass is 16.4. The van der Waals surface area contributed by atoms with Crippen LogP contribution in [0, 0.1) is 17.8 Å². The van der Waals surface area contributed by atoms with E-state index in [9.17, 15) is 4.79 Å². The van der Waals surface area contributed by atoms with Crippen LogP contribution in [-0.2, 0) is 4.79 Å². The van der Waals surface area contributed by atoms with Crippen molar-refractivity contribution in [2.45, 2.75) is 6.42 Å². The van der Waals surface area contributed by atoms with Crippen LogP contribution in [0.2, 0.25) is 0 Å². The molecular weight excluding hydrogens is 154 g/mol. The summed E-state index contributed by atoms with van der Waals surface area (Å²) in [6, 6.07) is 0. The van der Waals surface area contributed by atoms with Crippen molar-refractivity contribution in [2.24, 2.45) is 17.8 Å². The number of allylic oxidation sites excluding steroid dienone is 1. The van der Waals surface area contributed by atoms with Crippen LogP contribution in [0.15, 0.2) is 12.2 Å². The SMILES string of the molecule is O=C(O)C1CC=CC2CNCC21. The molecule has 3 nitrogen and oxygen atoms in total. The second kappa shape index (κ2) is 2.90. The Labute approximate surface area is 71.5 Å². The predicted molar refractivity (Wildman–Crippen MR) is 44.7 cm³/mol. The highest BCUT2D eigenvalue weighted by Crippen LogP contribution is 2.32. The maximum atomic E-state index is 10.8. The summed E-state index contributed by atoms with van der Waals surface area (Å²) in [6.45, 7) is 1.82. The molecule has 0 amide bonds. The number of fused-ring (bicyclic) bond motifs is 1. The Bertz CT molecular complexity index is 225. The maximum Gasteiger partial charge on any atom is 0.307 e. The van der Waals surface area contributed by atoms with E-state index in [0.29, 0.717) is 18.3 Å². The predicted octanol–water partition coefficient (Wildman–Crippen LogP) is 0.483. The van der Waals surface area contributed by atoms with Gasteiger partial charge in [0, 0.05) is 6.54 Å². The third-order valence-corrected chi connectivity index (χ3v) is 2.92. The first-order chi connectivity index (χ1) is 5.79. The Hall–Kier alpha value is -0.830. The number of hydrogen-bond acceptors (Lipinski definition) is 2. The van der Waals surface area contributed by atoms with Gasteiger partial charge in [-0.15, -0.1) is 0 Å². The summed E-state index contributed by atoms with van der Waals surface area (Å²) >= 11 is 0. The molecule has 12 heavy (non-hydrogen) atoms. The van der Waals surface area contributed by atoms with Gasteiger partial charge in [-0.1, -0.05) is 12.2 Å². The Morgan fingerprint density at radius 2 is 2.33 bits per heavy atom. The van der Waals surface area contributed by atoms with Gasteiger partial charge in [-0.3, -0.25) is 4.79 Å². The monoisotopic (exact) mass is 167 g/mol. The van der Waals surface area contributed by atoms with Crippen LogP contribution in [-0.4, -0.2) is 24.2 Å². The molecule has 3 unspecified atom stereocenters. The van der Waals surface area contributed by atoms with Crippen molar-refractivity contribution in [3.8, 4) is 0 Å². The van der Waals surface area contributed by atoms with Crippen LogP contribution >= 0.6 is 0 Å². The second-order valence-corrected chi connectivity index (χ2v) is 3.59. The van der Waals surface area contributed by atoms with Crippen LogP contribution in [0.5, 0.6) is 0 Å².